The van der Waals surface area contributed by atoms with Gasteiger partial charge >= 0.3 is 6.09 Å². The number of nitrogens with two attached hydrogens (primary N) is 1. The number of halogens is 1. The molecule has 34 heavy (non-hydrogen) atoms. The van der Waals surface area contributed by atoms with Gasteiger partial charge in [-0.05, 0) is 48.6 Å². The second-order valence-corrected chi connectivity index (χ2v) is 7.53. The molecule has 3 aromatic carbocycles. The molecular formula is C23H21ClN4O5S. The summed E-state index contributed by atoms with van der Waals surface area (Å²) >= 11 is 11.6. The van der Waals surface area contributed by atoms with Crippen LogP contribution in [-0.2, 0) is 0 Å². The van der Waals surface area contributed by atoms with Crippen LogP contribution >= 0.6 is 23.8 Å². The second kappa shape index (κ2) is 11.2. The molecule has 0 aliphatic heterocycles. The van der Waals surface area contributed by atoms with Crippen molar-refractivity contribution < 1.29 is 23.8 Å². The highest BCUT2D eigenvalue weighted by Crippen LogP contribution is 2.36. The maximum Gasteiger partial charge on any atom is 0.417 e. The lowest BCUT2D eigenvalue weighted by Crippen LogP contribution is -2.22. The average Bonchev–Trinajstić information content (AvgIpc) is 2.79. The summed E-state index contributed by atoms with van der Waals surface area (Å²) in [5.41, 5.74) is 6.65. The van der Waals surface area contributed by atoms with Crippen molar-refractivity contribution in [3.05, 3.63) is 71.2 Å². The van der Waals surface area contributed by atoms with Crippen LogP contribution < -0.4 is 35.9 Å². The van der Waals surface area contributed by atoms with Gasteiger partial charge in [-0.2, -0.15) is 0 Å². The molecule has 0 saturated heterocycles. The number of ether oxygens (including phenoxy) is 3. The number of methoxy groups -OCH3 is 2. The van der Waals surface area contributed by atoms with Crippen molar-refractivity contribution in [3.8, 4) is 17.2 Å². The Morgan fingerprint density at radius 1 is 0.882 bits per heavy atom. The molecule has 0 aliphatic carbocycles. The number of rotatable bonds is 7. The Morgan fingerprint density at radius 3 is 2.24 bits per heavy atom. The first kappa shape index (κ1) is 24.6. The van der Waals surface area contributed by atoms with Crippen molar-refractivity contribution in [3.63, 3.8) is 0 Å². The number of benzene rings is 3. The molecule has 0 radical (unpaired) electrons. The first-order chi connectivity index (χ1) is 16.3. The number of thiocarbonyl (C=S) groups is 1. The highest BCUT2D eigenvalue weighted by atomic mass is 35.5. The van der Waals surface area contributed by atoms with Crippen molar-refractivity contribution in [2.75, 3.05) is 30.2 Å². The molecule has 176 valence electrons. The Morgan fingerprint density at radius 2 is 1.59 bits per heavy atom. The van der Waals surface area contributed by atoms with Crippen LogP contribution in [0.25, 0.3) is 0 Å². The number of carbonyl (C=O) groups excluding carboxylic acids is 2. The molecule has 5 N–H and O–H groups in total. The number of hydrogen-bond donors (Lipinski definition) is 4. The standard InChI is InChI=1S/C23H21ClN4O5S/c1-31-19-12-20(32-2)18(11-16(19)24)27-22(34)26-13-8-9-15(21(25)29)17(10-13)28-23(30)33-14-6-4-3-5-7-14/h3-12H,1-2H3,(H2,25,29)(H,28,30)(H2,26,27,34). The zero-order chi connectivity index (χ0) is 24.7. The minimum atomic E-state index is -0.788. The van der Waals surface area contributed by atoms with E-state index in [1.807, 2.05) is 0 Å². The van der Waals surface area contributed by atoms with Gasteiger partial charge in [0.25, 0.3) is 5.91 Å². The lowest BCUT2D eigenvalue weighted by molar-refractivity contribution is 0.100. The summed E-state index contributed by atoms with van der Waals surface area (Å²) in [6, 6.07) is 16.2. The topological polar surface area (TPSA) is 124 Å². The largest absolute Gasteiger partial charge is 0.495 e. The lowest BCUT2D eigenvalue weighted by atomic mass is 10.1. The van der Waals surface area contributed by atoms with Crippen molar-refractivity contribution in [1.29, 1.82) is 0 Å². The lowest BCUT2D eigenvalue weighted by Gasteiger charge is -2.16. The molecule has 0 atom stereocenters. The molecule has 3 rings (SSSR count). The molecule has 2 amide bonds. The van der Waals surface area contributed by atoms with Crippen LogP contribution in [0.15, 0.2) is 60.7 Å². The predicted molar refractivity (Wildman–Crippen MR) is 135 cm³/mol. The van der Waals surface area contributed by atoms with E-state index in [0.717, 1.165) is 0 Å². The van der Waals surface area contributed by atoms with Gasteiger partial charge in [0.2, 0.25) is 0 Å². The summed E-state index contributed by atoms with van der Waals surface area (Å²) in [6.45, 7) is 0. The van der Waals surface area contributed by atoms with E-state index in [4.69, 9.17) is 43.8 Å². The molecule has 0 aliphatic rings. The fraction of sp³-hybridized carbons (Fsp3) is 0.0870. The third-order valence-corrected chi connectivity index (χ3v) is 4.95. The summed E-state index contributed by atoms with van der Waals surface area (Å²) in [5, 5.41) is 9.04. The van der Waals surface area contributed by atoms with Crippen molar-refractivity contribution in [2.45, 2.75) is 0 Å². The number of hydrogen-bond acceptors (Lipinski definition) is 6. The summed E-state index contributed by atoms with van der Waals surface area (Å²) in [6.07, 6.45) is -0.788. The number of nitrogens with one attached hydrogen (secondary N) is 3. The molecular weight excluding hydrogens is 480 g/mol. The van der Waals surface area contributed by atoms with Gasteiger partial charge in [-0.3, -0.25) is 10.1 Å². The first-order valence-corrected chi connectivity index (χ1v) is 10.6. The third kappa shape index (κ3) is 6.27. The molecule has 11 heteroatoms. The van der Waals surface area contributed by atoms with Crippen LogP contribution in [-0.4, -0.2) is 31.3 Å². The van der Waals surface area contributed by atoms with E-state index >= 15 is 0 Å². The van der Waals surface area contributed by atoms with Gasteiger partial charge in [0, 0.05) is 11.8 Å². The Labute approximate surface area is 206 Å². The van der Waals surface area contributed by atoms with Crippen LogP contribution in [0.4, 0.5) is 21.9 Å². The van der Waals surface area contributed by atoms with E-state index in [1.165, 1.54) is 26.4 Å². The summed E-state index contributed by atoms with van der Waals surface area (Å²) in [4.78, 5) is 24.1. The zero-order valence-electron chi connectivity index (χ0n) is 18.2. The minimum absolute atomic E-state index is 0.0954. The monoisotopic (exact) mass is 500 g/mol. The van der Waals surface area contributed by atoms with Gasteiger partial charge in [-0.15, -0.1) is 0 Å². The maximum atomic E-state index is 12.3. The Balaban J connectivity index is 1.76. The Kier molecular flexibility index (Phi) is 8.12. The summed E-state index contributed by atoms with van der Waals surface area (Å²) < 4.78 is 15.7. The quantitative estimate of drug-likeness (QED) is 0.338. The van der Waals surface area contributed by atoms with Gasteiger partial charge in [0.1, 0.15) is 17.2 Å². The van der Waals surface area contributed by atoms with E-state index in [1.54, 1.807) is 48.5 Å². The normalized spacial score (nSPS) is 10.1. The van der Waals surface area contributed by atoms with E-state index < -0.39 is 12.0 Å². The fourth-order valence-corrected chi connectivity index (χ4v) is 3.38. The van der Waals surface area contributed by atoms with Gasteiger partial charge < -0.3 is 30.6 Å². The molecule has 0 spiro atoms. The third-order valence-electron chi connectivity index (χ3n) is 4.46. The molecule has 0 unspecified atom stereocenters. The highest BCUT2D eigenvalue weighted by Gasteiger charge is 2.15. The molecule has 0 fully saturated rings. The fourth-order valence-electron chi connectivity index (χ4n) is 2.91. The van der Waals surface area contributed by atoms with E-state index in [-0.39, 0.29) is 16.4 Å². The van der Waals surface area contributed by atoms with Gasteiger partial charge in [0.05, 0.1) is 36.2 Å². The SMILES string of the molecule is COc1cc(OC)c(NC(=S)Nc2ccc(C(N)=O)c(NC(=O)Oc3ccccc3)c2)cc1Cl. The predicted octanol–water partition coefficient (Wildman–Crippen LogP) is 4.88. The van der Waals surface area contributed by atoms with E-state index in [2.05, 4.69) is 16.0 Å². The number of carbonyl (C=O) groups is 2. The molecule has 0 heterocycles. The number of para-hydroxylation sites is 1. The second-order valence-electron chi connectivity index (χ2n) is 6.72. The van der Waals surface area contributed by atoms with Crippen LogP contribution in [0.3, 0.4) is 0 Å². The van der Waals surface area contributed by atoms with Crippen LogP contribution in [0, 0.1) is 0 Å². The van der Waals surface area contributed by atoms with Gasteiger partial charge in [-0.25, -0.2) is 4.79 Å². The first-order valence-electron chi connectivity index (χ1n) is 9.78. The molecule has 3 aromatic rings. The van der Waals surface area contributed by atoms with Crippen LogP contribution in [0.1, 0.15) is 10.4 Å². The summed E-state index contributed by atoms with van der Waals surface area (Å²) in [7, 11) is 3.00. The number of primary amides is 1. The number of anilines is 3. The van der Waals surface area contributed by atoms with Crippen LogP contribution in [0.5, 0.6) is 17.2 Å². The van der Waals surface area contributed by atoms with Gasteiger partial charge in [-0.1, -0.05) is 29.8 Å². The number of amides is 2. The van der Waals surface area contributed by atoms with Gasteiger partial charge in [0.15, 0.2) is 5.11 Å². The highest BCUT2D eigenvalue weighted by molar-refractivity contribution is 7.80. The zero-order valence-corrected chi connectivity index (χ0v) is 19.8. The van der Waals surface area contributed by atoms with Crippen LogP contribution in [0.2, 0.25) is 5.02 Å². The molecule has 0 saturated carbocycles. The van der Waals surface area contributed by atoms with E-state index in [9.17, 15) is 9.59 Å². The van der Waals surface area contributed by atoms with Crippen molar-refractivity contribution in [1.82, 2.24) is 0 Å². The maximum absolute atomic E-state index is 12.3. The summed E-state index contributed by atoms with van der Waals surface area (Å²) in [5.74, 6) is 0.524. The molecule has 0 bridgehead atoms. The molecule has 0 aromatic heterocycles. The molecule has 9 nitrogen and oxygen atoms in total. The smallest absolute Gasteiger partial charge is 0.417 e. The van der Waals surface area contributed by atoms with Crippen molar-refractivity contribution in [2.24, 2.45) is 5.73 Å². The average molecular weight is 501 g/mol. The Bertz CT molecular complexity index is 1220. The Hall–Kier alpha value is -4.02. The van der Waals surface area contributed by atoms with Crippen molar-refractivity contribution >= 4 is 58.0 Å². The van der Waals surface area contributed by atoms with E-state index in [0.29, 0.717) is 33.6 Å². The minimum Gasteiger partial charge on any atom is -0.495 e.